The van der Waals surface area contributed by atoms with E-state index in [-0.39, 0.29) is 5.91 Å². The molecule has 5 rings (SSSR count). The monoisotopic (exact) mass is 431 g/mol. The molecule has 0 fully saturated rings. The zero-order chi connectivity index (χ0) is 22.6. The van der Waals surface area contributed by atoms with Crippen LogP contribution in [0.3, 0.4) is 0 Å². The summed E-state index contributed by atoms with van der Waals surface area (Å²) in [6.07, 6.45) is 0. The van der Waals surface area contributed by atoms with Crippen molar-refractivity contribution in [3.8, 4) is 11.1 Å². The molecule has 0 bridgehead atoms. The summed E-state index contributed by atoms with van der Waals surface area (Å²) in [5.41, 5.74) is 3.89. The van der Waals surface area contributed by atoms with Crippen LogP contribution >= 0.6 is 0 Å². The maximum Gasteiger partial charge on any atom is 0.344 e. The lowest BCUT2D eigenvalue weighted by Gasteiger charge is -2.18. The molecule has 0 aliphatic rings. The number of hydrogen-bond acceptors (Lipinski definition) is 3. The largest absolute Gasteiger partial charge is 0.422 e. The van der Waals surface area contributed by atoms with Crippen LogP contribution in [-0.4, -0.2) is 5.91 Å². The van der Waals surface area contributed by atoms with E-state index in [0.29, 0.717) is 16.8 Å². The van der Waals surface area contributed by atoms with E-state index in [0.717, 1.165) is 22.1 Å². The molecule has 0 saturated carbocycles. The maximum atomic E-state index is 13.3. The predicted octanol–water partition coefficient (Wildman–Crippen LogP) is 6.23. The average Bonchev–Trinajstić information content (AvgIpc) is 2.86. The zero-order valence-electron chi connectivity index (χ0n) is 17.8. The van der Waals surface area contributed by atoms with Crippen molar-refractivity contribution in [1.29, 1.82) is 0 Å². The number of anilines is 1. The fourth-order valence-corrected chi connectivity index (χ4v) is 4.00. The lowest BCUT2D eigenvalue weighted by Crippen LogP contribution is -2.22. The van der Waals surface area contributed by atoms with Crippen LogP contribution in [0.5, 0.6) is 0 Å². The van der Waals surface area contributed by atoms with E-state index < -0.39 is 11.5 Å². The van der Waals surface area contributed by atoms with E-state index in [1.165, 1.54) is 0 Å². The van der Waals surface area contributed by atoms with Crippen LogP contribution in [-0.2, 0) is 4.79 Å². The molecule has 0 aliphatic heterocycles. The second kappa shape index (κ2) is 8.97. The average molecular weight is 431 g/mol. The number of amides is 1. The SMILES string of the molecule is O=C(Nc1ccc(-c2cc3ccccc3oc2=O)cc1)C(c1ccccc1)c1ccccc1. The Hall–Kier alpha value is -4.44. The topological polar surface area (TPSA) is 59.3 Å². The molecule has 0 radical (unpaired) electrons. The van der Waals surface area contributed by atoms with Gasteiger partial charge in [0.2, 0.25) is 5.91 Å². The highest BCUT2D eigenvalue weighted by atomic mass is 16.4. The quantitative estimate of drug-likeness (QED) is 0.336. The number of para-hydroxylation sites is 1. The van der Waals surface area contributed by atoms with Crippen molar-refractivity contribution < 1.29 is 9.21 Å². The number of rotatable bonds is 5. The van der Waals surface area contributed by atoms with Crippen molar-refractivity contribution in [3.05, 3.63) is 137 Å². The number of nitrogens with one attached hydrogen (secondary N) is 1. The number of hydrogen-bond donors (Lipinski definition) is 1. The standard InChI is InChI=1S/C29H21NO3/c31-28(27(21-9-3-1-4-10-21)22-11-5-2-6-12-22)30-24-17-15-20(16-18-24)25-19-23-13-7-8-14-26(23)33-29(25)32/h1-19,27H,(H,30,31). The van der Waals surface area contributed by atoms with Gasteiger partial charge in [-0.15, -0.1) is 0 Å². The Bertz CT molecular complexity index is 1420. The number of benzene rings is 4. The molecule has 0 unspecified atom stereocenters. The summed E-state index contributed by atoms with van der Waals surface area (Å²) in [7, 11) is 0. The minimum atomic E-state index is -0.431. The zero-order valence-corrected chi connectivity index (χ0v) is 17.8. The number of fused-ring (bicyclic) bond motifs is 1. The molecule has 33 heavy (non-hydrogen) atoms. The Kier molecular flexibility index (Phi) is 5.56. The third kappa shape index (κ3) is 4.32. The molecule has 0 saturated heterocycles. The highest BCUT2D eigenvalue weighted by Crippen LogP contribution is 2.27. The fourth-order valence-electron chi connectivity index (χ4n) is 4.00. The van der Waals surface area contributed by atoms with Gasteiger partial charge in [-0.25, -0.2) is 4.79 Å². The van der Waals surface area contributed by atoms with E-state index in [4.69, 9.17) is 4.42 Å². The molecular weight excluding hydrogens is 410 g/mol. The Morgan fingerprint density at radius 3 is 1.91 bits per heavy atom. The van der Waals surface area contributed by atoms with Gasteiger partial charge in [0, 0.05) is 11.1 Å². The van der Waals surface area contributed by atoms with Gasteiger partial charge >= 0.3 is 5.63 Å². The van der Waals surface area contributed by atoms with E-state index in [2.05, 4.69) is 5.32 Å². The molecule has 4 nitrogen and oxygen atoms in total. The minimum Gasteiger partial charge on any atom is -0.422 e. The Balaban J connectivity index is 1.42. The molecule has 0 atom stereocenters. The highest BCUT2D eigenvalue weighted by Gasteiger charge is 2.22. The molecule has 4 aromatic carbocycles. The Labute approximate surface area is 191 Å². The van der Waals surface area contributed by atoms with Gasteiger partial charge in [-0.05, 0) is 41.0 Å². The summed E-state index contributed by atoms with van der Waals surface area (Å²) >= 11 is 0. The van der Waals surface area contributed by atoms with Crippen LogP contribution in [0.15, 0.2) is 124 Å². The van der Waals surface area contributed by atoms with Crippen LogP contribution in [0.25, 0.3) is 22.1 Å². The first-order chi connectivity index (χ1) is 16.2. The van der Waals surface area contributed by atoms with Crippen molar-refractivity contribution in [3.63, 3.8) is 0 Å². The number of carbonyl (C=O) groups is 1. The molecule has 0 spiro atoms. The lowest BCUT2D eigenvalue weighted by molar-refractivity contribution is -0.116. The van der Waals surface area contributed by atoms with Crippen LogP contribution in [0, 0.1) is 0 Å². The van der Waals surface area contributed by atoms with Crippen molar-refractivity contribution >= 4 is 22.6 Å². The maximum absolute atomic E-state index is 13.3. The third-order valence-corrected chi connectivity index (χ3v) is 5.63. The summed E-state index contributed by atoms with van der Waals surface area (Å²) in [6.45, 7) is 0. The molecule has 1 amide bonds. The molecule has 1 heterocycles. The van der Waals surface area contributed by atoms with Gasteiger partial charge in [0.05, 0.1) is 11.5 Å². The molecule has 4 heteroatoms. The van der Waals surface area contributed by atoms with Gasteiger partial charge in [-0.2, -0.15) is 0 Å². The molecular formula is C29H21NO3. The highest BCUT2D eigenvalue weighted by molar-refractivity contribution is 5.98. The summed E-state index contributed by atoms with van der Waals surface area (Å²) in [6, 6.07) is 35.9. The van der Waals surface area contributed by atoms with Crippen molar-refractivity contribution in [2.24, 2.45) is 0 Å². The minimum absolute atomic E-state index is 0.120. The first-order valence-electron chi connectivity index (χ1n) is 10.7. The molecule has 0 aliphatic carbocycles. The normalized spacial score (nSPS) is 10.9. The molecule has 1 aromatic heterocycles. The van der Waals surface area contributed by atoms with Crippen LogP contribution in [0.1, 0.15) is 17.0 Å². The number of carbonyl (C=O) groups excluding carboxylic acids is 1. The summed E-state index contributed by atoms with van der Waals surface area (Å²) in [5, 5.41) is 3.88. The van der Waals surface area contributed by atoms with Gasteiger partial charge in [0.15, 0.2) is 0 Å². The Morgan fingerprint density at radius 1 is 0.697 bits per heavy atom. The van der Waals surface area contributed by atoms with Gasteiger partial charge in [-0.3, -0.25) is 4.79 Å². The van der Waals surface area contributed by atoms with E-state index >= 15 is 0 Å². The van der Waals surface area contributed by atoms with Crippen molar-refractivity contribution in [2.75, 3.05) is 5.32 Å². The van der Waals surface area contributed by atoms with Crippen LogP contribution < -0.4 is 10.9 Å². The van der Waals surface area contributed by atoms with Gasteiger partial charge in [-0.1, -0.05) is 91.0 Å². The molecule has 160 valence electrons. The van der Waals surface area contributed by atoms with Crippen molar-refractivity contribution in [2.45, 2.75) is 5.92 Å². The van der Waals surface area contributed by atoms with Gasteiger partial charge in [0.1, 0.15) is 5.58 Å². The lowest BCUT2D eigenvalue weighted by atomic mass is 9.90. The first-order valence-corrected chi connectivity index (χ1v) is 10.7. The van der Waals surface area contributed by atoms with Gasteiger partial charge < -0.3 is 9.73 Å². The van der Waals surface area contributed by atoms with Crippen LogP contribution in [0.4, 0.5) is 5.69 Å². The Morgan fingerprint density at radius 2 is 1.27 bits per heavy atom. The van der Waals surface area contributed by atoms with E-state index in [9.17, 15) is 9.59 Å². The first kappa shape index (κ1) is 20.5. The molecule has 1 N–H and O–H groups in total. The summed E-state index contributed by atoms with van der Waals surface area (Å²) in [5.74, 6) is -0.551. The summed E-state index contributed by atoms with van der Waals surface area (Å²) in [4.78, 5) is 25.8. The smallest absolute Gasteiger partial charge is 0.344 e. The predicted molar refractivity (Wildman–Crippen MR) is 131 cm³/mol. The second-order valence-corrected chi connectivity index (χ2v) is 7.81. The van der Waals surface area contributed by atoms with Crippen molar-refractivity contribution in [1.82, 2.24) is 0 Å². The third-order valence-electron chi connectivity index (χ3n) is 5.63. The second-order valence-electron chi connectivity index (χ2n) is 7.81. The fraction of sp³-hybridized carbons (Fsp3) is 0.0345. The van der Waals surface area contributed by atoms with Crippen LogP contribution in [0.2, 0.25) is 0 Å². The van der Waals surface area contributed by atoms with Gasteiger partial charge in [0.25, 0.3) is 0 Å². The van der Waals surface area contributed by atoms with E-state index in [1.54, 1.807) is 18.2 Å². The van der Waals surface area contributed by atoms with E-state index in [1.807, 2.05) is 97.1 Å². The molecule has 5 aromatic rings. The summed E-state index contributed by atoms with van der Waals surface area (Å²) < 4.78 is 5.45.